The van der Waals surface area contributed by atoms with Crippen molar-refractivity contribution in [1.82, 2.24) is 24.9 Å². The van der Waals surface area contributed by atoms with E-state index in [1.54, 1.807) is 13.1 Å². The molecule has 5 aromatic rings. The number of pyridine rings is 1. The van der Waals surface area contributed by atoms with Crippen LogP contribution in [0.1, 0.15) is 57.5 Å². The van der Waals surface area contributed by atoms with Crippen LogP contribution in [-0.2, 0) is 24.8 Å². The maximum absolute atomic E-state index is 15.1. The van der Waals surface area contributed by atoms with Crippen molar-refractivity contribution in [2.24, 2.45) is 7.05 Å². The molecule has 246 valence electrons. The van der Waals surface area contributed by atoms with E-state index in [9.17, 15) is 9.18 Å². The number of benzene rings is 2. The van der Waals surface area contributed by atoms with Crippen LogP contribution in [0.5, 0.6) is 5.88 Å². The van der Waals surface area contributed by atoms with Gasteiger partial charge in [-0.25, -0.2) is 18.2 Å². The van der Waals surface area contributed by atoms with E-state index in [0.717, 1.165) is 25.3 Å². The maximum Gasteiger partial charge on any atom is 0.280 e. The lowest BCUT2D eigenvalue weighted by atomic mass is 10.0. The molecule has 6 rings (SSSR count). The van der Waals surface area contributed by atoms with E-state index >= 15 is 8.78 Å². The van der Waals surface area contributed by atoms with Crippen LogP contribution in [0.2, 0.25) is 5.02 Å². The van der Waals surface area contributed by atoms with Crippen molar-refractivity contribution in [3.05, 3.63) is 104 Å². The van der Waals surface area contributed by atoms with Gasteiger partial charge in [0, 0.05) is 48.9 Å². The van der Waals surface area contributed by atoms with E-state index in [1.807, 2.05) is 27.7 Å². The molecule has 9 nitrogen and oxygen atoms in total. The minimum atomic E-state index is -0.705. The number of hydrogen-bond acceptors (Lipinski definition) is 7. The van der Waals surface area contributed by atoms with Gasteiger partial charge in [-0.3, -0.25) is 4.79 Å². The zero-order valence-electron chi connectivity index (χ0n) is 26.4. The first-order valence-corrected chi connectivity index (χ1v) is 15.3. The minimum Gasteiger partial charge on any atom is -0.473 e. The fourth-order valence-corrected chi connectivity index (χ4v) is 4.32. The van der Waals surface area contributed by atoms with Gasteiger partial charge in [0.05, 0.1) is 11.8 Å². The van der Waals surface area contributed by atoms with Crippen molar-refractivity contribution in [2.45, 2.75) is 53.6 Å². The SMILES string of the molecule is C1CCOC1.CC.CC.Cn1c(Cc2cc(F)c(-c3cccc(OCc4ccc(Cl)cc4F)n3)cc2F)nnc1-c1cc(=O)[nH]o1. The van der Waals surface area contributed by atoms with Gasteiger partial charge in [-0.2, -0.15) is 5.16 Å². The van der Waals surface area contributed by atoms with Crippen LogP contribution in [0.15, 0.2) is 63.9 Å². The molecule has 0 amide bonds. The second kappa shape index (κ2) is 17.9. The standard InChI is InChI=1S/C25H17ClF3N5O3.C4H8O.2C2H6/c1-34-22(31-32-25(34)21-11-23(35)33-37-21)8-14-7-19(29)16(10-18(14)28)20-3-2-4-24(30-20)36-12-13-5-6-15(26)9-17(13)27;1-2-4-5-3-1;2*1-2/h2-7,9-11H,8,12H2,1H3,(H,33,35);1-4H2;2*1-2H3. The molecular weight excluding hydrogens is 623 g/mol. The Morgan fingerprint density at radius 3 is 2.26 bits per heavy atom. The fraction of sp³-hybridized carbons (Fsp3) is 0.333. The molecule has 0 spiro atoms. The number of nitrogens with one attached hydrogen (secondary N) is 1. The first kappa shape index (κ1) is 36.1. The van der Waals surface area contributed by atoms with Crippen LogP contribution in [0, 0.1) is 17.5 Å². The minimum absolute atomic E-state index is 0.0458. The molecule has 0 unspecified atom stereocenters. The molecule has 13 heteroatoms. The predicted octanol–water partition coefficient (Wildman–Crippen LogP) is 7.92. The van der Waals surface area contributed by atoms with Gasteiger partial charge in [-0.15, -0.1) is 10.2 Å². The van der Waals surface area contributed by atoms with Crippen molar-refractivity contribution < 1.29 is 27.2 Å². The Labute approximate surface area is 270 Å². The van der Waals surface area contributed by atoms with Crippen molar-refractivity contribution in [1.29, 1.82) is 0 Å². The molecule has 1 aliphatic rings. The summed E-state index contributed by atoms with van der Waals surface area (Å²) in [5.41, 5.74) is -0.0609. The van der Waals surface area contributed by atoms with Gasteiger partial charge < -0.3 is 18.6 Å². The van der Waals surface area contributed by atoms with E-state index in [0.29, 0.717) is 5.82 Å². The Balaban J connectivity index is 0.000000567. The number of aromatic nitrogens is 5. The third kappa shape index (κ3) is 9.54. The molecule has 2 aromatic carbocycles. The number of hydrogen-bond donors (Lipinski definition) is 1. The molecule has 1 saturated heterocycles. The Bertz CT molecular complexity index is 1740. The van der Waals surface area contributed by atoms with E-state index in [1.165, 1.54) is 53.8 Å². The maximum atomic E-state index is 15.1. The molecule has 1 aliphatic heterocycles. The molecule has 0 aliphatic carbocycles. The highest BCUT2D eigenvalue weighted by Crippen LogP contribution is 2.28. The van der Waals surface area contributed by atoms with Crippen LogP contribution in [-0.4, -0.2) is 38.1 Å². The summed E-state index contributed by atoms with van der Waals surface area (Å²) in [4.78, 5) is 15.6. The number of nitrogens with zero attached hydrogens (tertiary/aromatic N) is 4. The van der Waals surface area contributed by atoms with E-state index in [-0.39, 0.29) is 57.9 Å². The quantitative estimate of drug-likeness (QED) is 0.189. The second-order valence-corrected chi connectivity index (χ2v) is 9.82. The summed E-state index contributed by atoms with van der Waals surface area (Å²) in [6.45, 7) is 9.88. The van der Waals surface area contributed by atoms with E-state index in [4.69, 9.17) is 25.6 Å². The molecule has 0 atom stereocenters. The largest absolute Gasteiger partial charge is 0.473 e. The average molecular weight is 660 g/mol. The van der Waals surface area contributed by atoms with Crippen LogP contribution in [0.3, 0.4) is 0 Å². The van der Waals surface area contributed by atoms with Gasteiger partial charge in [0.2, 0.25) is 17.5 Å². The van der Waals surface area contributed by atoms with E-state index in [2.05, 4.69) is 20.3 Å². The molecule has 1 fully saturated rings. The van der Waals surface area contributed by atoms with Gasteiger partial charge in [0.15, 0.2) is 0 Å². The molecule has 0 radical (unpaired) electrons. The average Bonchev–Trinajstić information content (AvgIpc) is 3.85. The Morgan fingerprint density at radius 2 is 1.63 bits per heavy atom. The normalized spacial score (nSPS) is 11.8. The van der Waals surface area contributed by atoms with Crippen LogP contribution >= 0.6 is 11.6 Å². The Kier molecular flexibility index (Phi) is 14.0. The number of rotatable bonds is 7. The predicted molar refractivity (Wildman–Crippen MR) is 170 cm³/mol. The summed E-state index contributed by atoms with van der Waals surface area (Å²) in [7, 11) is 1.62. The van der Waals surface area contributed by atoms with Gasteiger partial charge in [0.25, 0.3) is 5.56 Å². The van der Waals surface area contributed by atoms with Crippen LogP contribution in [0.25, 0.3) is 22.8 Å². The van der Waals surface area contributed by atoms with Gasteiger partial charge >= 0.3 is 0 Å². The van der Waals surface area contributed by atoms with Crippen LogP contribution < -0.4 is 10.3 Å². The fourth-order valence-electron chi connectivity index (χ4n) is 4.16. The Hall–Kier alpha value is -4.42. The highest BCUT2D eigenvalue weighted by atomic mass is 35.5. The molecule has 4 heterocycles. The van der Waals surface area contributed by atoms with Gasteiger partial charge in [0.1, 0.15) is 29.9 Å². The lowest BCUT2D eigenvalue weighted by molar-refractivity contribution is 0.198. The lowest BCUT2D eigenvalue weighted by Crippen LogP contribution is -2.04. The van der Waals surface area contributed by atoms with Crippen LogP contribution in [0.4, 0.5) is 13.2 Å². The lowest BCUT2D eigenvalue weighted by Gasteiger charge is -2.10. The zero-order valence-corrected chi connectivity index (χ0v) is 27.1. The number of aromatic amines is 1. The first-order valence-electron chi connectivity index (χ1n) is 15.0. The number of H-pyrrole nitrogens is 1. The Morgan fingerprint density at radius 1 is 0.913 bits per heavy atom. The summed E-state index contributed by atoms with van der Waals surface area (Å²) in [6.07, 6.45) is 2.49. The molecule has 0 saturated carbocycles. The molecule has 46 heavy (non-hydrogen) atoms. The summed E-state index contributed by atoms with van der Waals surface area (Å²) in [6, 6.07) is 12.1. The second-order valence-electron chi connectivity index (χ2n) is 9.38. The first-order chi connectivity index (χ1) is 22.3. The smallest absolute Gasteiger partial charge is 0.280 e. The molecule has 0 bridgehead atoms. The van der Waals surface area contributed by atoms with Crippen molar-refractivity contribution >= 4 is 11.6 Å². The summed E-state index contributed by atoms with van der Waals surface area (Å²) >= 11 is 5.76. The third-order valence-corrected chi connectivity index (χ3v) is 6.65. The van der Waals surface area contributed by atoms with Crippen molar-refractivity contribution in [3.63, 3.8) is 0 Å². The number of halogens is 4. The molecule has 3 aromatic heterocycles. The highest BCUT2D eigenvalue weighted by molar-refractivity contribution is 6.30. The highest BCUT2D eigenvalue weighted by Gasteiger charge is 2.19. The monoisotopic (exact) mass is 659 g/mol. The summed E-state index contributed by atoms with van der Waals surface area (Å²) < 4.78 is 61.1. The summed E-state index contributed by atoms with van der Waals surface area (Å²) in [5.74, 6) is -1.05. The molecular formula is C33H37ClF3N5O4. The zero-order chi connectivity index (χ0) is 33.6. The van der Waals surface area contributed by atoms with Gasteiger partial charge in [-0.1, -0.05) is 51.4 Å². The van der Waals surface area contributed by atoms with Crippen molar-refractivity contribution in [2.75, 3.05) is 13.2 Å². The summed E-state index contributed by atoms with van der Waals surface area (Å²) in [5, 5.41) is 10.4. The number of ether oxygens (including phenoxy) is 2. The van der Waals surface area contributed by atoms with E-state index < -0.39 is 23.0 Å². The topological polar surface area (TPSA) is 108 Å². The molecule has 1 N–H and O–H groups in total. The van der Waals surface area contributed by atoms with Gasteiger partial charge in [-0.05, 0) is 48.7 Å². The van der Waals surface area contributed by atoms with Crippen molar-refractivity contribution in [3.8, 4) is 28.7 Å². The third-order valence-electron chi connectivity index (χ3n) is 6.41.